The average molecular weight is 261 g/mol. The smallest absolute Gasteiger partial charge is 0.0543 e. The third-order valence-electron chi connectivity index (χ3n) is 4.22. The van der Waals surface area contributed by atoms with Crippen molar-refractivity contribution in [1.82, 2.24) is 5.32 Å². The molecule has 1 aromatic carbocycles. The number of aliphatic hydroxyl groups excluding tert-OH is 1. The van der Waals surface area contributed by atoms with Crippen LogP contribution in [0.3, 0.4) is 0 Å². The van der Waals surface area contributed by atoms with Crippen molar-refractivity contribution in [3.63, 3.8) is 0 Å². The molecule has 0 aliphatic heterocycles. The van der Waals surface area contributed by atoms with Crippen LogP contribution in [0.25, 0.3) is 0 Å². The second-order valence-corrected chi connectivity index (χ2v) is 6.17. The Bertz CT molecular complexity index is 391. The van der Waals surface area contributed by atoms with Gasteiger partial charge in [-0.15, -0.1) is 0 Å². The van der Waals surface area contributed by atoms with Crippen LogP contribution in [-0.4, -0.2) is 23.8 Å². The van der Waals surface area contributed by atoms with Crippen molar-refractivity contribution in [2.45, 2.75) is 58.1 Å². The van der Waals surface area contributed by atoms with E-state index in [0.29, 0.717) is 12.0 Å². The molecule has 3 atom stereocenters. The maximum Gasteiger partial charge on any atom is 0.0543 e. The molecule has 19 heavy (non-hydrogen) atoms. The Balaban J connectivity index is 1.65. The van der Waals surface area contributed by atoms with Crippen LogP contribution in [0.15, 0.2) is 24.3 Å². The van der Waals surface area contributed by atoms with Gasteiger partial charge in [0.1, 0.15) is 0 Å². The van der Waals surface area contributed by atoms with E-state index in [1.165, 1.54) is 24.0 Å². The van der Waals surface area contributed by atoms with E-state index < -0.39 is 0 Å². The number of benzene rings is 1. The van der Waals surface area contributed by atoms with Gasteiger partial charge in [0, 0.05) is 6.04 Å². The SMILES string of the molecule is Cc1cccc(CCC(C)NCC2CCC(O)C2)c1. The standard InChI is InChI=1S/C17H27NO/c1-13-4-3-5-15(10-13)7-6-14(2)18-12-16-8-9-17(19)11-16/h3-5,10,14,16-19H,6-9,11-12H2,1-2H3. The zero-order valence-electron chi connectivity index (χ0n) is 12.2. The fourth-order valence-corrected chi connectivity index (χ4v) is 2.95. The molecule has 3 unspecified atom stereocenters. The van der Waals surface area contributed by atoms with E-state index in [0.717, 1.165) is 25.8 Å². The van der Waals surface area contributed by atoms with E-state index >= 15 is 0 Å². The van der Waals surface area contributed by atoms with E-state index in [-0.39, 0.29) is 6.10 Å². The van der Waals surface area contributed by atoms with Gasteiger partial charge in [-0.25, -0.2) is 0 Å². The topological polar surface area (TPSA) is 32.3 Å². The van der Waals surface area contributed by atoms with Crippen LogP contribution in [0, 0.1) is 12.8 Å². The third-order valence-corrected chi connectivity index (χ3v) is 4.22. The minimum absolute atomic E-state index is 0.0469. The first-order valence-electron chi connectivity index (χ1n) is 7.60. The summed E-state index contributed by atoms with van der Waals surface area (Å²) in [4.78, 5) is 0. The molecule has 1 fully saturated rings. The summed E-state index contributed by atoms with van der Waals surface area (Å²) in [6.45, 7) is 5.48. The van der Waals surface area contributed by atoms with Crippen molar-refractivity contribution in [1.29, 1.82) is 0 Å². The maximum absolute atomic E-state index is 9.52. The highest BCUT2D eigenvalue weighted by atomic mass is 16.3. The minimum atomic E-state index is -0.0469. The Labute approximate surface area is 117 Å². The molecule has 1 aliphatic rings. The molecule has 106 valence electrons. The Hall–Kier alpha value is -0.860. The van der Waals surface area contributed by atoms with E-state index in [4.69, 9.17) is 0 Å². The fraction of sp³-hybridized carbons (Fsp3) is 0.647. The van der Waals surface area contributed by atoms with Crippen molar-refractivity contribution >= 4 is 0 Å². The van der Waals surface area contributed by atoms with E-state index in [1.54, 1.807) is 0 Å². The van der Waals surface area contributed by atoms with Crippen molar-refractivity contribution < 1.29 is 5.11 Å². The molecule has 0 spiro atoms. The molecule has 0 amide bonds. The van der Waals surface area contributed by atoms with Gasteiger partial charge in [-0.1, -0.05) is 29.8 Å². The second-order valence-electron chi connectivity index (χ2n) is 6.17. The summed E-state index contributed by atoms with van der Waals surface area (Å²) in [5, 5.41) is 13.1. The molecule has 0 bridgehead atoms. The lowest BCUT2D eigenvalue weighted by atomic mass is 10.0. The molecule has 1 aromatic rings. The lowest BCUT2D eigenvalue weighted by Gasteiger charge is -2.17. The molecule has 1 aliphatic carbocycles. The van der Waals surface area contributed by atoms with Gasteiger partial charge in [-0.05, 0) is 64.0 Å². The molecular weight excluding hydrogens is 234 g/mol. The monoisotopic (exact) mass is 261 g/mol. The number of nitrogens with one attached hydrogen (secondary N) is 1. The third kappa shape index (κ3) is 4.96. The summed E-state index contributed by atoms with van der Waals surface area (Å²) in [7, 11) is 0. The zero-order valence-corrected chi connectivity index (χ0v) is 12.2. The Morgan fingerprint density at radius 2 is 2.21 bits per heavy atom. The largest absolute Gasteiger partial charge is 0.393 e. The molecule has 2 rings (SSSR count). The minimum Gasteiger partial charge on any atom is -0.393 e. The summed E-state index contributed by atoms with van der Waals surface area (Å²) < 4.78 is 0. The number of hydrogen-bond acceptors (Lipinski definition) is 2. The van der Waals surface area contributed by atoms with Crippen LogP contribution < -0.4 is 5.32 Å². The van der Waals surface area contributed by atoms with Crippen molar-refractivity contribution in [2.24, 2.45) is 5.92 Å². The second kappa shape index (κ2) is 7.06. The van der Waals surface area contributed by atoms with Crippen molar-refractivity contribution in [3.8, 4) is 0 Å². The maximum atomic E-state index is 9.52. The molecule has 0 saturated heterocycles. The summed E-state index contributed by atoms with van der Waals surface area (Å²) >= 11 is 0. The first kappa shape index (κ1) is 14.5. The number of hydrogen-bond donors (Lipinski definition) is 2. The number of aryl methyl sites for hydroxylation is 2. The van der Waals surface area contributed by atoms with Crippen molar-refractivity contribution in [3.05, 3.63) is 35.4 Å². The highest BCUT2D eigenvalue weighted by Crippen LogP contribution is 2.24. The van der Waals surface area contributed by atoms with Gasteiger partial charge in [0.25, 0.3) is 0 Å². The Morgan fingerprint density at radius 1 is 1.37 bits per heavy atom. The molecule has 0 heterocycles. The average Bonchev–Trinajstić information content (AvgIpc) is 2.80. The van der Waals surface area contributed by atoms with Gasteiger partial charge in [0.15, 0.2) is 0 Å². The molecule has 2 heteroatoms. The zero-order chi connectivity index (χ0) is 13.7. The fourth-order valence-electron chi connectivity index (χ4n) is 2.95. The lowest BCUT2D eigenvalue weighted by molar-refractivity contribution is 0.177. The summed E-state index contributed by atoms with van der Waals surface area (Å²) in [6.07, 6.45) is 5.43. The quantitative estimate of drug-likeness (QED) is 0.825. The predicted octanol–water partition coefficient (Wildman–Crippen LogP) is 3.07. The molecule has 0 aromatic heterocycles. The van der Waals surface area contributed by atoms with Gasteiger partial charge >= 0.3 is 0 Å². The molecular formula is C17H27NO. The highest BCUT2D eigenvalue weighted by Gasteiger charge is 2.22. The molecule has 2 N–H and O–H groups in total. The number of rotatable bonds is 6. The van der Waals surface area contributed by atoms with Crippen LogP contribution >= 0.6 is 0 Å². The van der Waals surface area contributed by atoms with Crippen molar-refractivity contribution in [2.75, 3.05) is 6.54 Å². The molecule has 0 radical (unpaired) electrons. The van der Waals surface area contributed by atoms with E-state index in [2.05, 4.69) is 43.4 Å². The first-order chi connectivity index (χ1) is 9.13. The lowest BCUT2D eigenvalue weighted by Crippen LogP contribution is -2.31. The van der Waals surface area contributed by atoms with E-state index in [1.807, 2.05) is 0 Å². The normalized spacial score (nSPS) is 24.6. The van der Waals surface area contributed by atoms with Gasteiger partial charge < -0.3 is 10.4 Å². The summed E-state index contributed by atoms with van der Waals surface area (Å²) in [5.41, 5.74) is 2.78. The number of aliphatic hydroxyl groups is 1. The van der Waals surface area contributed by atoms with Gasteiger partial charge in [0.05, 0.1) is 6.10 Å². The van der Waals surface area contributed by atoms with Crippen LogP contribution in [0.5, 0.6) is 0 Å². The van der Waals surface area contributed by atoms with E-state index in [9.17, 15) is 5.11 Å². The summed E-state index contributed by atoms with van der Waals surface area (Å²) in [5.74, 6) is 0.677. The Kier molecular flexibility index (Phi) is 5.41. The van der Waals surface area contributed by atoms with Crippen LogP contribution in [0.1, 0.15) is 43.7 Å². The first-order valence-corrected chi connectivity index (χ1v) is 7.60. The van der Waals surface area contributed by atoms with Gasteiger partial charge in [0.2, 0.25) is 0 Å². The van der Waals surface area contributed by atoms with Crippen LogP contribution in [0.2, 0.25) is 0 Å². The van der Waals surface area contributed by atoms with Crippen LogP contribution in [0.4, 0.5) is 0 Å². The predicted molar refractivity (Wildman–Crippen MR) is 80.3 cm³/mol. The molecule has 1 saturated carbocycles. The highest BCUT2D eigenvalue weighted by molar-refractivity contribution is 5.22. The van der Waals surface area contributed by atoms with Crippen LogP contribution in [-0.2, 0) is 6.42 Å². The Morgan fingerprint density at radius 3 is 2.89 bits per heavy atom. The van der Waals surface area contributed by atoms with Gasteiger partial charge in [-0.2, -0.15) is 0 Å². The van der Waals surface area contributed by atoms with Gasteiger partial charge in [-0.3, -0.25) is 0 Å². The molecule has 2 nitrogen and oxygen atoms in total. The summed E-state index contributed by atoms with van der Waals surface area (Å²) in [6, 6.07) is 9.34.